The van der Waals surface area contributed by atoms with Crippen LogP contribution in [0.5, 0.6) is 0 Å². The molecule has 4 saturated heterocycles. The zero-order valence-electron chi connectivity index (χ0n) is 68.0. The van der Waals surface area contributed by atoms with Gasteiger partial charge < -0.3 is 0 Å². The fourth-order valence-electron chi connectivity index (χ4n) is 39.3. The number of rotatable bonds is 9. The lowest BCUT2D eigenvalue weighted by atomic mass is 9.18. The first-order valence-electron chi connectivity index (χ1n) is 49.4. The van der Waals surface area contributed by atoms with Crippen molar-refractivity contribution in [3.63, 3.8) is 0 Å². The Morgan fingerprint density at radius 1 is 0.252 bits per heavy atom. The van der Waals surface area contributed by atoms with E-state index in [9.17, 15) is 0 Å². The van der Waals surface area contributed by atoms with Crippen LogP contribution in [0.25, 0.3) is 0 Å². The third-order valence-electron chi connectivity index (χ3n) is 42.8. The zero-order valence-corrected chi connectivity index (χ0v) is 68.0. The molecule has 1 spiro atoms. The van der Waals surface area contributed by atoms with Crippen LogP contribution in [0.15, 0.2) is 0 Å². The normalized spacial score (nSPS) is 54.2. The summed E-state index contributed by atoms with van der Waals surface area (Å²) in [6.45, 7) is 17.3. The Balaban J connectivity index is 0.726. The molecular formula is C98H159BN4. The summed E-state index contributed by atoms with van der Waals surface area (Å²) in [6.07, 6.45) is 82.5. The van der Waals surface area contributed by atoms with Gasteiger partial charge in [0.25, 0.3) is 0 Å². The summed E-state index contributed by atoms with van der Waals surface area (Å²) in [5.41, 5.74) is 1.70. The van der Waals surface area contributed by atoms with Crippen LogP contribution in [0.1, 0.15) is 375 Å². The predicted molar refractivity (Wildman–Crippen MR) is 428 cm³/mol. The van der Waals surface area contributed by atoms with Crippen molar-refractivity contribution in [2.75, 3.05) is 0 Å². The number of piperidine rings is 2. The second kappa shape index (κ2) is 27.0. The average molecular weight is 1400 g/mol. The predicted octanol–water partition coefficient (Wildman–Crippen LogP) is 24.4. The van der Waals surface area contributed by atoms with Gasteiger partial charge in [0, 0.05) is 77.9 Å². The van der Waals surface area contributed by atoms with Crippen LogP contribution in [0, 0.1) is 146 Å². The van der Waals surface area contributed by atoms with Crippen LogP contribution in [-0.2, 0) is 0 Å². The molecule has 4 nitrogen and oxygen atoms in total. The molecule has 0 aromatic rings. The van der Waals surface area contributed by atoms with Crippen molar-refractivity contribution in [2.45, 2.75) is 465 Å². The minimum absolute atomic E-state index is 0.438. The maximum Gasteiger partial charge on any atom is 0.156 e. The molecule has 0 aromatic carbocycles. The molecule has 31 unspecified atom stereocenters. The maximum atomic E-state index is 4.02. The van der Waals surface area contributed by atoms with Gasteiger partial charge in [0.2, 0.25) is 0 Å². The molecule has 0 aromatic heterocycles. The molecule has 18 aliphatic carbocycles. The van der Waals surface area contributed by atoms with Crippen LogP contribution in [0.4, 0.5) is 0 Å². The first-order chi connectivity index (χ1) is 50.3. The third kappa shape index (κ3) is 10.9. The molecule has 4 aliphatic heterocycles. The van der Waals surface area contributed by atoms with Crippen LogP contribution in [0.3, 0.4) is 0 Å². The van der Waals surface area contributed by atoms with Gasteiger partial charge in [0.05, 0.1) is 0 Å². The lowest BCUT2D eigenvalue weighted by molar-refractivity contribution is -0.408. The number of likely N-dealkylation sites (tertiary alicyclic amines) is 2. The zero-order chi connectivity index (χ0) is 68.5. The highest BCUT2D eigenvalue weighted by molar-refractivity contribution is 6.65. The third-order valence-corrected chi connectivity index (χ3v) is 42.8. The molecule has 103 heavy (non-hydrogen) atoms. The van der Waals surface area contributed by atoms with Crippen LogP contribution in [0.2, 0.25) is 17.5 Å². The van der Waals surface area contributed by atoms with Gasteiger partial charge in [0.1, 0.15) is 0 Å². The van der Waals surface area contributed by atoms with E-state index in [1.165, 1.54) is 38.5 Å². The Morgan fingerprint density at radius 2 is 0.699 bits per heavy atom. The van der Waals surface area contributed by atoms with E-state index in [-0.39, 0.29) is 0 Å². The number of fused-ring (bicyclic) bond motifs is 7. The van der Waals surface area contributed by atoms with Gasteiger partial charge >= 0.3 is 0 Å². The Kier molecular flexibility index (Phi) is 18.3. The molecule has 18 saturated carbocycles. The molecule has 574 valence electrons. The molecule has 0 N–H and O–H groups in total. The molecule has 31 atom stereocenters. The summed E-state index contributed by atoms with van der Waals surface area (Å²) in [5, 5.41) is 0. The first-order valence-corrected chi connectivity index (χ1v) is 49.4. The largest absolute Gasteiger partial charge is 0.295 e. The van der Waals surface area contributed by atoms with Gasteiger partial charge in [-0.3, -0.25) is 19.6 Å². The topological polar surface area (TPSA) is 13.0 Å². The smallest absolute Gasteiger partial charge is 0.156 e. The molecule has 0 amide bonds. The Labute approximate surface area is 634 Å². The molecule has 0 radical (unpaired) electrons. The highest BCUT2D eigenvalue weighted by Crippen LogP contribution is 2.84. The first kappa shape index (κ1) is 69.6. The fraction of sp³-hybridized carbons (Fsp3) is 1.00. The van der Waals surface area contributed by atoms with E-state index in [0.29, 0.717) is 10.8 Å². The van der Waals surface area contributed by atoms with E-state index in [0.717, 1.165) is 232 Å². The van der Waals surface area contributed by atoms with E-state index < -0.39 is 0 Å². The van der Waals surface area contributed by atoms with Crippen molar-refractivity contribution >= 4 is 6.71 Å². The molecular weight excluding hydrogens is 1240 g/mol. The summed E-state index contributed by atoms with van der Waals surface area (Å²) in [7, 11) is 0. The Hall–Kier alpha value is -0.0951. The quantitative estimate of drug-likeness (QED) is 0.213. The van der Waals surface area contributed by atoms with Gasteiger partial charge in [-0.2, -0.15) is 0 Å². The lowest BCUT2D eigenvalue weighted by Gasteiger charge is -2.90. The summed E-state index contributed by atoms with van der Waals surface area (Å²) in [6, 6.07) is 10.6. The van der Waals surface area contributed by atoms with Gasteiger partial charge in [-0.25, -0.2) is 0 Å². The molecule has 5 heteroatoms. The Bertz CT molecular complexity index is 2880. The molecule has 22 rings (SSSR count). The molecule has 22 aliphatic rings. The van der Waals surface area contributed by atoms with Gasteiger partial charge in [-0.05, 0) is 313 Å². The van der Waals surface area contributed by atoms with E-state index in [1.54, 1.807) is 295 Å². The summed E-state index contributed by atoms with van der Waals surface area (Å²) < 4.78 is 0. The van der Waals surface area contributed by atoms with Gasteiger partial charge in [0.15, 0.2) is 6.71 Å². The second-order valence-electron chi connectivity index (χ2n) is 47.6. The average Bonchev–Trinajstić information content (AvgIpc) is 1.21. The van der Waals surface area contributed by atoms with Crippen molar-refractivity contribution in [3.05, 3.63) is 0 Å². The number of nitrogens with zero attached hydrogens (tertiary/aromatic N) is 4. The minimum atomic E-state index is 0.438. The minimum Gasteiger partial charge on any atom is -0.295 e. The van der Waals surface area contributed by atoms with Crippen LogP contribution < -0.4 is 0 Å². The second-order valence-corrected chi connectivity index (χ2v) is 47.6. The maximum absolute atomic E-state index is 4.02. The lowest BCUT2D eigenvalue weighted by Crippen LogP contribution is -2.94. The van der Waals surface area contributed by atoms with E-state index in [1.807, 2.05) is 0 Å². The van der Waals surface area contributed by atoms with Crippen molar-refractivity contribution in [2.24, 2.45) is 146 Å². The SMILES string of the molecule is CC(C)(C)C1CC2CCC3CC(C(C)(C)C)CC4C(C5CCC6C(C5)B5C7CCC(N8C9CCCCC9C9CCCCC98)CC7N(C7C(C8CCCCC8)CCCC7C7CCCCC7)C7CC(N8C9CC%10CC%11CC8C%10%119)CC(C57)N6C5C(C6CCCCC6)CCCC5C5CCCCC5)CC(C1)C2C34. The fourth-order valence-corrected chi connectivity index (χ4v) is 39.3. The molecule has 22 fully saturated rings. The van der Waals surface area contributed by atoms with Crippen molar-refractivity contribution in [1.29, 1.82) is 0 Å². The van der Waals surface area contributed by atoms with Crippen molar-refractivity contribution in [1.82, 2.24) is 19.6 Å². The summed E-state index contributed by atoms with van der Waals surface area (Å²) in [5.74, 6) is 25.1. The highest BCUT2D eigenvalue weighted by Gasteiger charge is 2.85. The Morgan fingerprint density at radius 3 is 1.21 bits per heavy atom. The molecule has 0 bridgehead atoms. The van der Waals surface area contributed by atoms with Crippen molar-refractivity contribution < 1.29 is 0 Å². The number of hydrogen-bond donors (Lipinski definition) is 0. The standard InChI is InChI=1S/C98H159BN4/c1-96(2,3)67-47-64-41-42-65-48-68(97(4,5)6)53-80-79(50-66(49-67)91(64)92(65)80)63-43-46-85-82(51-63)99-81-45-44-71(100-83-39-21-19-33-77(83)78-34-20-22-40-84(78)100)56-86(81)103(95-75(61-29-15-9-16-30-61)37-24-38-76(95)62-31-17-10-18-32-62)88-58-72(101-89-54-69-52-70-55-90(101)98(69,70)89)57-87(93(88)99)102(85)94-73(59-25-11-7-12-26-59)35-23-36-74(94)60-27-13-8-14-28-60/h59-95H,7-58H2,1-6H3. The van der Waals surface area contributed by atoms with E-state index in [4.69, 9.17) is 0 Å². The van der Waals surface area contributed by atoms with E-state index >= 15 is 0 Å². The highest BCUT2D eigenvalue weighted by atomic mass is 15.4. The van der Waals surface area contributed by atoms with Crippen LogP contribution in [-0.4, -0.2) is 98.8 Å². The number of hydrogen-bond acceptors (Lipinski definition) is 4. The van der Waals surface area contributed by atoms with Crippen LogP contribution >= 0.6 is 0 Å². The summed E-state index contributed by atoms with van der Waals surface area (Å²) >= 11 is 0. The van der Waals surface area contributed by atoms with E-state index in [2.05, 4.69) is 61.1 Å². The van der Waals surface area contributed by atoms with Crippen molar-refractivity contribution in [3.8, 4) is 0 Å². The van der Waals surface area contributed by atoms with Gasteiger partial charge in [-0.15, -0.1) is 0 Å². The summed E-state index contributed by atoms with van der Waals surface area (Å²) in [4.78, 5) is 15.2. The monoisotopic (exact) mass is 1400 g/mol. The molecule has 4 heterocycles. The van der Waals surface area contributed by atoms with Gasteiger partial charge in [-0.1, -0.05) is 221 Å².